The predicted molar refractivity (Wildman–Crippen MR) is 135 cm³/mol. The predicted octanol–water partition coefficient (Wildman–Crippen LogP) is 4.25. The molecule has 10 heteroatoms. The number of amides is 1. The zero-order chi connectivity index (χ0) is 25.0. The molecule has 3 aromatic carbocycles. The fourth-order valence-corrected chi connectivity index (χ4v) is 4.84. The van der Waals surface area contributed by atoms with E-state index in [-0.39, 0.29) is 28.3 Å². The van der Waals surface area contributed by atoms with Gasteiger partial charge in [-0.05, 0) is 60.5 Å². The maximum absolute atomic E-state index is 13.0. The Kier molecular flexibility index (Phi) is 7.75. The highest BCUT2D eigenvalue weighted by Crippen LogP contribution is 2.23. The van der Waals surface area contributed by atoms with E-state index in [2.05, 4.69) is 26.0 Å². The Bertz CT molecular complexity index is 1340. The number of aryl methyl sites for hydroxylation is 1. The molecule has 0 heterocycles. The Hall–Kier alpha value is -3.21. The standard InChI is InChI=1S/C24H24BrN3O5S/c1-15-4-7-17(23(29)27-21-11-8-18(25)13-20(21)24(30)31)12-22(15)34(32,33)26-14-16-5-9-19(10-6-16)28(2)3/h4-13,26H,14H2,1-3H3,(H,27,29)(H,30,31). The Morgan fingerprint density at radius 2 is 1.68 bits per heavy atom. The maximum atomic E-state index is 13.0. The van der Waals surface area contributed by atoms with Gasteiger partial charge in [0.05, 0.1) is 16.1 Å². The number of rotatable bonds is 8. The second-order valence-corrected chi connectivity index (χ2v) is 10.5. The molecular formula is C24H24BrN3O5S. The smallest absolute Gasteiger partial charge is 0.337 e. The normalized spacial score (nSPS) is 11.2. The highest BCUT2D eigenvalue weighted by atomic mass is 79.9. The first-order valence-corrected chi connectivity index (χ1v) is 12.5. The maximum Gasteiger partial charge on any atom is 0.337 e. The molecular weight excluding hydrogens is 522 g/mol. The van der Waals surface area contributed by atoms with Crippen LogP contribution in [0.1, 0.15) is 31.8 Å². The number of aromatic carboxylic acids is 1. The van der Waals surface area contributed by atoms with Gasteiger partial charge in [0.1, 0.15) is 0 Å². The van der Waals surface area contributed by atoms with Crippen molar-refractivity contribution in [1.82, 2.24) is 4.72 Å². The van der Waals surface area contributed by atoms with Crippen molar-refractivity contribution < 1.29 is 23.1 Å². The molecule has 0 fully saturated rings. The fraction of sp³-hybridized carbons (Fsp3) is 0.167. The first-order chi connectivity index (χ1) is 16.0. The second kappa shape index (κ2) is 10.4. The van der Waals surface area contributed by atoms with Crippen molar-refractivity contribution in [2.45, 2.75) is 18.4 Å². The van der Waals surface area contributed by atoms with Gasteiger partial charge in [-0.1, -0.05) is 34.1 Å². The average Bonchev–Trinajstić information content (AvgIpc) is 2.79. The minimum absolute atomic E-state index is 0.0284. The van der Waals surface area contributed by atoms with Crippen LogP contribution in [0.4, 0.5) is 11.4 Å². The lowest BCUT2D eigenvalue weighted by Crippen LogP contribution is -2.25. The first kappa shape index (κ1) is 25.4. The summed E-state index contributed by atoms with van der Waals surface area (Å²) in [5.41, 5.74) is 2.35. The zero-order valence-corrected chi connectivity index (χ0v) is 21.2. The number of hydrogen-bond donors (Lipinski definition) is 3. The molecule has 1 amide bonds. The molecule has 0 spiro atoms. The van der Waals surface area contributed by atoms with Gasteiger partial charge in [-0.25, -0.2) is 17.9 Å². The highest BCUT2D eigenvalue weighted by Gasteiger charge is 2.20. The van der Waals surface area contributed by atoms with Crippen molar-refractivity contribution in [3.8, 4) is 0 Å². The molecule has 0 unspecified atom stereocenters. The summed E-state index contributed by atoms with van der Waals surface area (Å²) in [5, 5.41) is 11.9. The second-order valence-electron chi connectivity index (χ2n) is 7.81. The van der Waals surface area contributed by atoms with E-state index in [9.17, 15) is 23.1 Å². The van der Waals surface area contributed by atoms with Gasteiger partial charge in [0.25, 0.3) is 5.91 Å². The van der Waals surface area contributed by atoms with Crippen LogP contribution in [0.3, 0.4) is 0 Å². The molecule has 0 aliphatic rings. The summed E-state index contributed by atoms with van der Waals surface area (Å²) in [4.78, 5) is 26.2. The van der Waals surface area contributed by atoms with Crippen molar-refractivity contribution in [2.75, 3.05) is 24.3 Å². The largest absolute Gasteiger partial charge is 0.478 e. The lowest BCUT2D eigenvalue weighted by Gasteiger charge is -2.14. The molecule has 3 rings (SSSR count). The number of sulfonamides is 1. The van der Waals surface area contributed by atoms with E-state index < -0.39 is 21.9 Å². The molecule has 0 aromatic heterocycles. The number of carboxylic acid groups (broad SMARTS) is 1. The van der Waals surface area contributed by atoms with Crippen molar-refractivity contribution in [2.24, 2.45) is 0 Å². The number of carbonyl (C=O) groups excluding carboxylic acids is 1. The van der Waals surface area contributed by atoms with Crippen LogP contribution >= 0.6 is 15.9 Å². The number of nitrogens with zero attached hydrogens (tertiary/aromatic N) is 1. The number of carbonyl (C=O) groups is 2. The lowest BCUT2D eigenvalue weighted by molar-refractivity contribution is 0.0698. The third-order valence-electron chi connectivity index (χ3n) is 5.12. The Balaban J connectivity index is 1.81. The molecule has 0 saturated heterocycles. The van der Waals surface area contributed by atoms with Gasteiger partial charge in [-0.3, -0.25) is 4.79 Å². The highest BCUT2D eigenvalue weighted by molar-refractivity contribution is 9.10. The monoisotopic (exact) mass is 545 g/mol. The summed E-state index contributed by atoms with van der Waals surface area (Å²) in [6, 6.07) is 16.2. The van der Waals surface area contributed by atoms with Gasteiger partial charge in [-0.15, -0.1) is 0 Å². The molecule has 0 aliphatic heterocycles. The molecule has 0 aliphatic carbocycles. The van der Waals surface area contributed by atoms with Crippen molar-refractivity contribution >= 4 is 49.2 Å². The third kappa shape index (κ3) is 6.02. The van der Waals surface area contributed by atoms with Gasteiger partial charge in [0, 0.05) is 36.4 Å². The lowest BCUT2D eigenvalue weighted by atomic mass is 10.1. The van der Waals surface area contributed by atoms with Crippen molar-refractivity contribution in [3.63, 3.8) is 0 Å². The van der Waals surface area contributed by atoms with Gasteiger partial charge in [0.15, 0.2) is 0 Å². The topological polar surface area (TPSA) is 116 Å². The summed E-state index contributed by atoms with van der Waals surface area (Å²) in [5.74, 6) is -1.83. The van der Waals surface area contributed by atoms with E-state index in [4.69, 9.17) is 0 Å². The summed E-state index contributed by atoms with van der Waals surface area (Å²) < 4.78 is 29.1. The molecule has 0 radical (unpaired) electrons. The summed E-state index contributed by atoms with van der Waals surface area (Å²) >= 11 is 3.20. The number of halogens is 1. The molecule has 0 atom stereocenters. The fourth-order valence-electron chi connectivity index (χ4n) is 3.20. The summed E-state index contributed by atoms with van der Waals surface area (Å²) in [6.45, 7) is 1.73. The van der Waals surface area contributed by atoms with E-state index in [0.717, 1.165) is 11.3 Å². The van der Waals surface area contributed by atoms with Gasteiger partial charge >= 0.3 is 5.97 Å². The Morgan fingerprint density at radius 3 is 2.29 bits per heavy atom. The van der Waals surface area contributed by atoms with Crippen LogP contribution in [-0.2, 0) is 16.6 Å². The average molecular weight is 546 g/mol. The minimum Gasteiger partial charge on any atom is -0.478 e. The zero-order valence-electron chi connectivity index (χ0n) is 18.8. The van der Waals surface area contributed by atoms with E-state index >= 15 is 0 Å². The Morgan fingerprint density at radius 1 is 1.00 bits per heavy atom. The number of anilines is 2. The van der Waals surface area contributed by atoms with Crippen LogP contribution in [0.5, 0.6) is 0 Å². The van der Waals surface area contributed by atoms with Crippen LogP contribution in [-0.4, -0.2) is 39.5 Å². The molecule has 178 valence electrons. The van der Waals surface area contributed by atoms with Crippen LogP contribution in [0.2, 0.25) is 0 Å². The van der Waals surface area contributed by atoms with E-state index in [1.165, 1.54) is 30.3 Å². The van der Waals surface area contributed by atoms with Crippen LogP contribution in [0.25, 0.3) is 0 Å². The molecule has 3 N–H and O–H groups in total. The Labute approximate surface area is 206 Å². The number of hydrogen-bond acceptors (Lipinski definition) is 5. The first-order valence-electron chi connectivity index (χ1n) is 10.2. The summed E-state index contributed by atoms with van der Waals surface area (Å²) in [6.07, 6.45) is 0. The molecule has 34 heavy (non-hydrogen) atoms. The van der Waals surface area contributed by atoms with Crippen molar-refractivity contribution in [1.29, 1.82) is 0 Å². The van der Waals surface area contributed by atoms with E-state index in [1.54, 1.807) is 13.0 Å². The van der Waals surface area contributed by atoms with Crippen LogP contribution in [0, 0.1) is 6.92 Å². The molecule has 0 saturated carbocycles. The summed E-state index contributed by atoms with van der Waals surface area (Å²) in [7, 11) is -0.0735. The van der Waals surface area contributed by atoms with E-state index in [0.29, 0.717) is 10.0 Å². The van der Waals surface area contributed by atoms with Crippen LogP contribution in [0.15, 0.2) is 70.0 Å². The quantitative estimate of drug-likeness (QED) is 0.389. The van der Waals surface area contributed by atoms with Gasteiger partial charge in [-0.2, -0.15) is 0 Å². The van der Waals surface area contributed by atoms with Gasteiger partial charge < -0.3 is 15.3 Å². The minimum atomic E-state index is -3.91. The number of carboxylic acids is 1. The third-order valence-corrected chi connectivity index (χ3v) is 7.16. The number of nitrogens with one attached hydrogen (secondary N) is 2. The van der Waals surface area contributed by atoms with Gasteiger partial charge in [0.2, 0.25) is 10.0 Å². The molecule has 0 bridgehead atoms. The number of benzene rings is 3. The SMILES string of the molecule is Cc1ccc(C(=O)Nc2ccc(Br)cc2C(=O)O)cc1S(=O)(=O)NCc1ccc(N(C)C)cc1. The van der Waals surface area contributed by atoms with E-state index in [1.807, 2.05) is 43.3 Å². The molecule has 3 aromatic rings. The van der Waals surface area contributed by atoms with Crippen molar-refractivity contribution in [3.05, 3.63) is 87.4 Å². The van der Waals surface area contributed by atoms with Crippen LogP contribution < -0.4 is 14.9 Å². The molecule has 8 nitrogen and oxygen atoms in total.